The van der Waals surface area contributed by atoms with E-state index in [9.17, 15) is 9.59 Å². The molecule has 0 radical (unpaired) electrons. The lowest BCUT2D eigenvalue weighted by atomic mass is 10.1. The molecule has 4 nitrogen and oxygen atoms in total. The van der Waals surface area contributed by atoms with E-state index in [0.717, 1.165) is 60.5 Å². The van der Waals surface area contributed by atoms with Crippen molar-refractivity contribution in [2.24, 2.45) is 0 Å². The standard InChI is InChI=1S/C40H46O4/c1-3-5-7-9-11-13-27-43-39-29-38(26-24-34-17-21-36(32-42)22-18-34)40(44-28-14-12-10-8-6-4-2)30-37(39)25-23-33-15-19-35(31-41)20-16-33/h15-22,29-32H,3-14,27-28H2,1-2H3. The summed E-state index contributed by atoms with van der Waals surface area (Å²) in [5.74, 6) is 14.4. The molecule has 0 saturated carbocycles. The molecule has 0 bridgehead atoms. The van der Waals surface area contributed by atoms with Gasteiger partial charge in [0, 0.05) is 34.4 Å². The van der Waals surface area contributed by atoms with Crippen molar-refractivity contribution in [3.8, 4) is 35.2 Å². The van der Waals surface area contributed by atoms with Gasteiger partial charge >= 0.3 is 0 Å². The molecule has 0 spiro atoms. The van der Waals surface area contributed by atoms with E-state index < -0.39 is 0 Å². The Kier molecular flexibility index (Phi) is 16.0. The summed E-state index contributed by atoms with van der Waals surface area (Å²) >= 11 is 0. The Labute approximate surface area is 264 Å². The van der Waals surface area contributed by atoms with Crippen molar-refractivity contribution in [1.82, 2.24) is 0 Å². The Bertz CT molecular complexity index is 1300. The first-order chi connectivity index (χ1) is 21.7. The molecular weight excluding hydrogens is 544 g/mol. The molecule has 0 heterocycles. The number of hydrogen-bond donors (Lipinski definition) is 0. The zero-order valence-corrected chi connectivity index (χ0v) is 26.5. The van der Waals surface area contributed by atoms with Gasteiger partial charge in [-0.2, -0.15) is 0 Å². The molecule has 0 atom stereocenters. The second kappa shape index (κ2) is 20.6. The van der Waals surface area contributed by atoms with Gasteiger partial charge in [0.25, 0.3) is 0 Å². The molecule has 0 unspecified atom stereocenters. The van der Waals surface area contributed by atoms with Crippen LogP contribution in [-0.2, 0) is 0 Å². The van der Waals surface area contributed by atoms with Crippen molar-refractivity contribution in [3.05, 3.63) is 94.0 Å². The highest BCUT2D eigenvalue weighted by Crippen LogP contribution is 2.29. The molecule has 0 aliphatic rings. The molecular formula is C40H46O4. The van der Waals surface area contributed by atoms with E-state index >= 15 is 0 Å². The minimum Gasteiger partial charge on any atom is -0.492 e. The Morgan fingerprint density at radius 1 is 0.500 bits per heavy atom. The van der Waals surface area contributed by atoms with Crippen molar-refractivity contribution in [3.63, 3.8) is 0 Å². The maximum atomic E-state index is 11.1. The summed E-state index contributed by atoms with van der Waals surface area (Å²) in [6.07, 6.45) is 15.8. The van der Waals surface area contributed by atoms with E-state index in [1.165, 1.54) is 51.4 Å². The van der Waals surface area contributed by atoms with E-state index in [1.54, 1.807) is 24.3 Å². The number of unbranched alkanes of at least 4 members (excludes halogenated alkanes) is 10. The molecule has 0 fully saturated rings. The van der Waals surface area contributed by atoms with E-state index in [1.807, 2.05) is 36.4 Å². The lowest BCUT2D eigenvalue weighted by Crippen LogP contribution is -2.03. The van der Waals surface area contributed by atoms with Gasteiger partial charge in [0.1, 0.15) is 24.1 Å². The van der Waals surface area contributed by atoms with Gasteiger partial charge in [-0.1, -0.05) is 126 Å². The Morgan fingerprint density at radius 3 is 1.23 bits per heavy atom. The van der Waals surface area contributed by atoms with Crippen molar-refractivity contribution in [2.45, 2.75) is 90.9 Å². The normalized spacial score (nSPS) is 10.2. The van der Waals surface area contributed by atoms with Crippen molar-refractivity contribution >= 4 is 12.6 Å². The lowest BCUT2D eigenvalue weighted by Gasteiger charge is -2.14. The number of ether oxygens (including phenoxy) is 2. The van der Waals surface area contributed by atoms with E-state index in [-0.39, 0.29) is 0 Å². The molecule has 3 aromatic rings. The Balaban J connectivity index is 1.89. The fourth-order valence-electron chi connectivity index (χ4n) is 4.69. The summed E-state index contributed by atoms with van der Waals surface area (Å²) < 4.78 is 12.6. The number of rotatable bonds is 18. The van der Waals surface area contributed by atoms with Gasteiger partial charge in [-0.05, 0) is 37.1 Å². The fraction of sp³-hybridized carbons (Fsp3) is 0.400. The first-order valence-electron chi connectivity index (χ1n) is 16.2. The van der Waals surface area contributed by atoms with Crippen LogP contribution in [0.4, 0.5) is 0 Å². The van der Waals surface area contributed by atoms with Crippen LogP contribution in [0.3, 0.4) is 0 Å². The number of aldehydes is 2. The molecule has 0 aromatic heterocycles. The van der Waals surface area contributed by atoms with E-state index in [2.05, 4.69) is 37.5 Å². The Hall–Kier alpha value is -4.28. The van der Waals surface area contributed by atoms with Crippen molar-refractivity contribution in [2.75, 3.05) is 13.2 Å². The summed E-state index contributed by atoms with van der Waals surface area (Å²) in [5.41, 5.74) is 4.35. The highest BCUT2D eigenvalue weighted by Gasteiger charge is 2.11. The van der Waals surface area contributed by atoms with Gasteiger partial charge in [-0.3, -0.25) is 9.59 Å². The van der Waals surface area contributed by atoms with Crippen LogP contribution >= 0.6 is 0 Å². The van der Waals surface area contributed by atoms with Gasteiger partial charge in [0.2, 0.25) is 0 Å². The van der Waals surface area contributed by atoms with Gasteiger partial charge in [0.15, 0.2) is 0 Å². The lowest BCUT2D eigenvalue weighted by molar-refractivity contribution is 0.111. The number of carbonyl (C=O) groups excluding carboxylic acids is 2. The molecule has 3 rings (SSSR count). The van der Waals surface area contributed by atoms with Crippen LogP contribution in [0.15, 0.2) is 60.7 Å². The molecule has 0 amide bonds. The first kappa shape index (κ1) is 34.2. The quantitative estimate of drug-likeness (QED) is 0.0841. The monoisotopic (exact) mass is 590 g/mol. The van der Waals surface area contributed by atoms with Crippen molar-refractivity contribution in [1.29, 1.82) is 0 Å². The highest BCUT2D eigenvalue weighted by molar-refractivity contribution is 5.75. The van der Waals surface area contributed by atoms with Crippen LogP contribution < -0.4 is 9.47 Å². The number of benzene rings is 3. The molecule has 230 valence electrons. The summed E-state index contributed by atoms with van der Waals surface area (Å²) in [6, 6.07) is 18.3. The van der Waals surface area contributed by atoms with Gasteiger partial charge < -0.3 is 9.47 Å². The maximum absolute atomic E-state index is 11.1. The minimum absolute atomic E-state index is 0.604. The minimum atomic E-state index is 0.604. The predicted octanol–water partition coefficient (Wildman–Crippen LogP) is 9.59. The summed E-state index contributed by atoms with van der Waals surface area (Å²) in [6.45, 7) is 5.66. The molecule has 0 aliphatic carbocycles. The summed E-state index contributed by atoms with van der Waals surface area (Å²) in [4.78, 5) is 22.1. The largest absolute Gasteiger partial charge is 0.492 e. The van der Waals surface area contributed by atoms with Crippen LogP contribution in [-0.4, -0.2) is 25.8 Å². The molecule has 0 saturated heterocycles. The SMILES string of the molecule is CCCCCCCCOc1cc(C#Cc2ccc(C=O)cc2)c(OCCCCCCCC)cc1C#Cc1ccc(C=O)cc1. The van der Waals surface area contributed by atoms with Crippen LogP contribution in [0.25, 0.3) is 0 Å². The number of hydrogen-bond acceptors (Lipinski definition) is 4. The van der Waals surface area contributed by atoms with Crippen LogP contribution in [0.2, 0.25) is 0 Å². The third kappa shape index (κ3) is 12.5. The molecule has 0 N–H and O–H groups in total. The van der Waals surface area contributed by atoms with E-state index in [0.29, 0.717) is 35.8 Å². The van der Waals surface area contributed by atoms with Crippen LogP contribution in [0.1, 0.15) is 134 Å². The highest BCUT2D eigenvalue weighted by atomic mass is 16.5. The van der Waals surface area contributed by atoms with Gasteiger partial charge in [-0.25, -0.2) is 0 Å². The first-order valence-corrected chi connectivity index (χ1v) is 16.2. The summed E-state index contributed by atoms with van der Waals surface area (Å²) in [5, 5.41) is 0. The Morgan fingerprint density at radius 2 is 0.864 bits per heavy atom. The smallest absolute Gasteiger partial charge is 0.150 e. The molecule has 3 aromatic carbocycles. The van der Waals surface area contributed by atoms with Crippen molar-refractivity contribution < 1.29 is 19.1 Å². The van der Waals surface area contributed by atoms with Crippen LogP contribution in [0, 0.1) is 23.7 Å². The molecule has 0 aliphatic heterocycles. The van der Waals surface area contributed by atoms with Gasteiger partial charge in [0.05, 0.1) is 24.3 Å². The zero-order chi connectivity index (χ0) is 31.2. The third-order valence-corrected chi connectivity index (χ3v) is 7.37. The topological polar surface area (TPSA) is 52.6 Å². The predicted molar refractivity (Wildman–Crippen MR) is 180 cm³/mol. The fourth-order valence-corrected chi connectivity index (χ4v) is 4.69. The van der Waals surface area contributed by atoms with Gasteiger partial charge in [-0.15, -0.1) is 0 Å². The summed E-state index contributed by atoms with van der Waals surface area (Å²) in [7, 11) is 0. The van der Waals surface area contributed by atoms with Crippen LogP contribution in [0.5, 0.6) is 11.5 Å². The average Bonchev–Trinajstić information content (AvgIpc) is 3.06. The zero-order valence-electron chi connectivity index (χ0n) is 26.5. The molecule has 4 heteroatoms. The second-order valence-electron chi connectivity index (χ2n) is 11.1. The average molecular weight is 591 g/mol. The number of carbonyl (C=O) groups is 2. The maximum Gasteiger partial charge on any atom is 0.150 e. The third-order valence-electron chi connectivity index (χ3n) is 7.37. The molecule has 44 heavy (non-hydrogen) atoms. The van der Waals surface area contributed by atoms with E-state index in [4.69, 9.17) is 9.47 Å². The second-order valence-corrected chi connectivity index (χ2v) is 11.1.